The molecule has 0 unspecified atom stereocenters. The minimum absolute atomic E-state index is 0.0216. The Morgan fingerprint density at radius 2 is 2.06 bits per heavy atom. The van der Waals surface area contributed by atoms with Crippen molar-refractivity contribution in [3.63, 3.8) is 0 Å². The summed E-state index contributed by atoms with van der Waals surface area (Å²) in [6.45, 7) is 1.83. The van der Waals surface area contributed by atoms with Crippen LogP contribution < -0.4 is 4.74 Å². The molecule has 0 aliphatic heterocycles. The predicted molar refractivity (Wildman–Crippen MR) is 61.1 cm³/mol. The van der Waals surface area contributed by atoms with E-state index >= 15 is 0 Å². The van der Waals surface area contributed by atoms with E-state index in [0.717, 1.165) is 11.3 Å². The van der Waals surface area contributed by atoms with Crippen LogP contribution in [-0.2, 0) is 0 Å². The molecule has 0 radical (unpaired) electrons. The maximum Gasteiger partial charge on any atom is 0.218 e. The zero-order chi connectivity index (χ0) is 12.1. The van der Waals surface area contributed by atoms with E-state index in [1.807, 2.05) is 25.1 Å². The Kier molecular flexibility index (Phi) is 3.26. The minimum Gasteiger partial charge on any atom is -0.462 e. The molecular formula is C12H10N4O. The standard InChI is InChI=1S/C12H10N4O/c1-9-8-11(17-7-4-13)16-12(15-9)10-2-5-14-6-3-10/h2-3,5-6,8H,7H2,1H3. The van der Waals surface area contributed by atoms with Gasteiger partial charge in [0.25, 0.3) is 0 Å². The van der Waals surface area contributed by atoms with Gasteiger partial charge in [-0.2, -0.15) is 10.2 Å². The first-order valence-electron chi connectivity index (χ1n) is 5.05. The second kappa shape index (κ2) is 5.03. The third-order valence-corrected chi connectivity index (χ3v) is 2.05. The third-order valence-electron chi connectivity index (χ3n) is 2.05. The van der Waals surface area contributed by atoms with Crippen LogP contribution in [0.25, 0.3) is 11.4 Å². The van der Waals surface area contributed by atoms with E-state index in [9.17, 15) is 0 Å². The molecule has 2 aromatic rings. The molecule has 5 heteroatoms. The highest BCUT2D eigenvalue weighted by Gasteiger charge is 2.05. The lowest BCUT2D eigenvalue weighted by atomic mass is 10.2. The molecule has 0 N–H and O–H groups in total. The van der Waals surface area contributed by atoms with Gasteiger partial charge in [-0.15, -0.1) is 0 Å². The molecule has 0 amide bonds. The number of hydrogen-bond acceptors (Lipinski definition) is 5. The quantitative estimate of drug-likeness (QED) is 0.797. The summed E-state index contributed by atoms with van der Waals surface area (Å²) in [5.41, 5.74) is 1.66. The fourth-order valence-electron chi connectivity index (χ4n) is 1.35. The van der Waals surface area contributed by atoms with Gasteiger partial charge in [-0.3, -0.25) is 4.98 Å². The molecular weight excluding hydrogens is 216 g/mol. The van der Waals surface area contributed by atoms with Crippen LogP contribution in [0.4, 0.5) is 0 Å². The van der Waals surface area contributed by atoms with E-state index in [2.05, 4.69) is 15.0 Å². The predicted octanol–water partition coefficient (Wildman–Crippen LogP) is 1.75. The highest BCUT2D eigenvalue weighted by Crippen LogP contribution is 2.17. The first-order chi connectivity index (χ1) is 8.29. The minimum atomic E-state index is -0.0216. The van der Waals surface area contributed by atoms with Gasteiger partial charge in [0.2, 0.25) is 5.88 Å². The SMILES string of the molecule is Cc1cc(OCC#N)nc(-c2ccncc2)n1. The molecule has 0 spiro atoms. The van der Waals surface area contributed by atoms with Gasteiger partial charge in [0.15, 0.2) is 12.4 Å². The van der Waals surface area contributed by atoms with Crippen LogP contribution in [-0.4, -0.2) is 21.6 Å². The lowest BCUT2D eigenvalue weighted by Crippen LogP contribution is -2.00. The van der Waals surface area contributed by atoms with Gasteiger partial charge in [0.05, 0.1) is 0 Å². The Hall–Kier alpha value is -2.48. The van der Waals surface area contributed by atoms with E-state index in [1.54, 1.807) is 18.5 Å². The Balaban J connectivity index is 2.36. The van der Waals surface area contributed by atoms with Crippen LogP contribution in [0.3, 0.4) is 0 Å². The average Bonchev–Trinajstić information content (AvgIpc) is 2.37. The van der Waals surface area contributed by atoms with Crippen LogP contribution in [0, 0.1) is 18.3 Å². The molecule has 2 aromatic heterocycles. The average molecular weight is 226 g/mol. The van der Waals surface area contributed by atoms with Gasteiger partial charge in [-0.05, 0) is 19.1 Å². The molecule has 17 heavy (non-hydrogen) atoms. The smallest absolute Gasteiger partial charge is 0.218 e. The summed E-state index contributed by atoms with van der Waals surface area (Å²) in [5, 5.41) is 8.46. The summed E-state index contributed by atoms with van der Waals surface area (Å²) < 4.78 is 5.17. The van der Waals surface area contributed by atoms with Crippen molar-refractivity contribution in [2.75, 3.05) is 6.61 Å². The van der Waals surface area contributed by atoms with Gasteiger partial charge in [-0.25, -0.2) is 4.98 Å². The topological polar surface area (TPSA) is 71.7 Å². The number of ether oxygens (including phenoxy) is 1. The van der Waals surface area contributed by atoms with Crippen LogP contribution in [0.5, 0.6) is 5.88 Å². The summed E-state index contributed by atoms with van der Waals surface area (Å²) in [5.74, 6) is 0.978. The number of aryl methyl sites for hydroxylation is 1. The molecule has 84 valence electrons. The normalized spacial score (nSPS) is 9.65. The summed E-state index contributed by atoms with van der Waals surface area (Å²) in [7, 11) is 0. The van der Waals surface area contributed by atoms with Crippen molar-refractivity contribution in [1.82, 2.24) is 15.0 Å². The van der Waals surface area contributed by atoms with Crippen LogP contribution in [0.15, 0.2) is 30.6 Å². The lowest BCUT2D eigenvalue weighted by molar-refractivity contribution is 0.353. The van der Waals surface area contributed by atoms with Gasteiger partial charge in [0.1, 0.15) is 6.07 Å². The van der Waals surface area contributed by atoms with E-state index in [4.69, 9.17) is 10.00 Å². The van der Waals surface area contributed by atoms with Crippen molar-refractivity contribution in [2.45, 2.75) is 6.92 Å². The number of nitrogens with zero attached hydrogens (tertiary/aromatic N) is 4. The van der Waals surface area contributed by atoms with Crippen molar-refractivity contribution in [2.24, 2.45) is 0 Å². The van der Waals surface area contributed by atoms with Crippen LogP contribution in [0.1, 0.15) is 5.69 Å². The largest absolute Gasteiger partial charge is 0.462 e. The fourth-order valence-corrected chi connectivity index (χ4v) is 1.35. The molecule has 0 atom stereocenters. The van der Waals surface area contributed by atoms with Crippen molar-refractivity contribution in [3.05, 3.63) is 36.3 Å². The summed E-state index contributed by atoms with van der Waals surface area (Å²) in [6, 6.07) is 7.24. The maximum atomic E-state index is 8.46. The molecule has 2 rings (SSSR count). The van der Waals surface area contributed by atoms with Crippen molar-refractivity contribution >= 4 is 0 Å². The van der Waals surface area contributed by atoms with Crippen molar-refractivity contribution < 1.29 is 4.74 Å². The van der Waals surface area contributed by atoms with E-state index in [0.29, 0.717) is 11.7 Å². The number of hydrogen-bond donors (Lipinski definition) is 0. The molecule has 5 nitrogen and oxygen atoms in total. The number of pyridine rings is 1. The second-order valence-corrected chi connectivity index (χ2v) is 3.35. The molecule has 2 heterocycles. The second-order valence-electron chi connectivity index (χ2n) is 3.35. The van der Waals surface area contributed by atoms with Crippen LogP contribution in [0.2, 0.25) is 0 Å². The summed E-state index contributed by atoms with van der Waals surface area (Å²) in [4.78, 5) is 12.5. The zero-order valence-electron chi connectivity index (χ0n) is 9.29. The Morgan fingerprint density at radius 1 is 1.29 bits per heavy atom. The molecule has 0 aromatic carbocycles. The summed E-state index contributed by atoms with van der Waals surface area (Å²) in [6.07, 6.45) is 3.35. The van der Waals surface area contributed by atoms with E-state index in [1.165, 1.54) is 0 Å². The van der Waals surface area contributed by atoms with Crippen molar-refractivity contribution in [3.8, 4) is 23.3 Å². The fraction of sp³-hybridized carbons (Fsp3) is 0.167. The molecule has 0 aliphatic rings. The van der Waals surface area contributed by atoms with Gasteiger partial charge >= 0.3 is 0 Å². The molecule has 0 aliphatic carbocycles. The highest BCUT2D eigenvalue weighted by molar-refractivity contribution is 5.54. The molecule has 0 fully saturated rings. The Bertz CT molecular complexity index is 548. The number of nitriles is 1. The van der Waals surface area contributed by atoms with E-state index < -0.39 is 0 Å². The van der Waals surface area contributed by atoms with Crippen molar-refractivity contribution in [1.29, 1.82) is 5.26 Å². The molecule has 0 saturated heterocycles. The summed E-state index contributed by atoms with van der Waals surface area (Å²) >= 11 is 0. The third kappa shape index (κ3) is 2.75. The number of aromatic nitrogens is 3. The molecule has 0 saturated carbocycles. The highest BCUT2D eigenvalue weighted by atomic mass is 16.5. The first kappa shape index (κ1) is 11.0. The monoisotopic (exact) mass is 226 g/mol. The zero-order valence-corrected chi connectivity index (χ0v) is 9.29. The first-order valence-corrected chi connectivity index (χ1v) is 5.05. The van der Waals surface area contributed by atoms with Gasteiger partial charge < -0.3 is 4.74 Å². The van der Waals surface area contributed by atoms with Gasteiger partial charge in [0, 0.05) is 29.7 Å². The van der Waals surface area contributed by atoms with Gasteiger partial charge in [-0.1, -0.05) is 0 Å². The molecule has 0 bridgehead atoms. The van der Waals surface area contributed by atoms with Crippen LogP contribution >= 0.6 is 0 Å². The Labute approximate surface area is 98.7 Å². The lowest BCUT2D eigenvalue weighted by Gasteiger charge is -2.05. The Morgan fingerprint density at radius 3 is 2.76 bits per heavy atom. The maximum absolute atomic E-state index is 8.46. The number of rotatable bonds is 3. The van der Waals surface area contributed by atoms with E-state index in [-0.39, 0.29) is 6.61 Å².